The Bertz CT molecular complexity index is 621. The van der Waals surface area contributed by atoms with Crippen LogP contribution in [0, 0.1) is 0 Å². The molecule has 1 aromatic rings. The van der Waals surface area contributed by atoms with E-state index in [0.29, 0.717) is 6.42 Å². The molecule has 5 heteroatoms. The lowest BCUT2D eigenvalue weighted by molar-refractivity contribution is -0.142. The highest BCUT2D eigenvalue weighted by molar-refractivity contribution is 5.87. The fourth-order valence-electron chi connectivity index (χ4n) is 3.69. The number of nitrogens with zero attached hydrogens (tertiary/aromatic N) is 3. The molecule has 0 radical (unpaired) electrons. The van der Waals surface area contributed by atoms with Crippen molar-refractivity contribution in [3.63, 3.8) is 0 Å². The molecule has 0 bridgehead atoms. The van der Waals surface area contributed by atoms with Crippen LogP contribution >= 0.6 is 0 Å². The van der Waals surface area contributed by atoms with Crippen molar-refractivity contribution in [2.75, 3.05) is 20.2 Å². The van der Waals surface area contributed by atoms with E-state index in [1.54, 1.807) is 0 Å². The Morgan fingerprint density at radius 2 is 1.96 bits per heavy atom. The molecule has 24 heavy (non-hydrogen) atoms. The van der Waals surface area contributed by atoms with Crippen LogP contribution in [0.1, 0.15) is 51.1 Å². The summed E-state index contributed by atoms with van der Waals surface area (Å²) in [4.78, 5) is 21.7. The molecule has 2 aliphatic rings. The number of hydrogen-bond donors (Lipinski definition) is 0. The van der Waals surface area contributed by atoms with Crippen LogP contribution in [0.4, 0.5) is 5.69 Å². The van der Waals surface area contributed by atoms with Gasteiger partial charge in [0.2, 0.25) is 5.96 Å². The van der Waals surface area contributed by atoms with Crippen molar-refractivity contribution in [2.45, 2.75) is 51.6 Å². The van der Waals surface area contributed by atoms with Crippen molar-refractivity contribution in [1.29, 1.82) is 0 Å². The van der Waals surface area contributed by atoms with E-state index < -0.39 is 0 Å². The summed E-state index contributed by atoms with van der Waals surface area (Å²) in [5.41, 5.74) is 2.08. The van der Waals surface area contributed by atoms with E-state index in [1.165, 1.54) is 26.4 Å². The van der Waals surface area contributed by atoms with Gasteiger partial charge in [-0.2, -0.15) is 0 Å². The summed E-state index contributed by atoms with van der Waals surface area (Å²) in [7, 11) is 1.45. The van der Waals surface area contributed by atoms with Gasteiger partial charge in [-0.15, -0.1) is 0 Å². The van der Waals surface area contributed by atoms with Gasteiger partial charge >= 0.3 is 5.97 Å². The highest BCUT2D eigenvalue weighted by Gasteiger charge is 2.36. The van der Waals surface area contributed by atoms with Crippen molar-refractivity contribution < 1.29 is 9.53 Å². The fourth-order valence-corrected chi connectivity index (χ4v) is 3.69. The lowest BCUT2D eigenvalue weighted by Crippen LogP contribution is -2.52. The summed E-state index contributed by atoms with van der Waals surface area (Å²) >= 11 is 0. The molecule has 3 rings (SSSR count). The lowest BCUT2D eigenvalue weighted by Gasteiger charge is -2.45. The Morgan fingerprint density at radius 1 is 1.25 bits per heavy atom. The van der Waals surface area contributed by atoms with Crippen molar-refractivity contribution in [3.8, 4) is 0 Å². The smallest absolute Gasteiger partial charge is 0.307 e. The van der Waals surface area contributed by atoms with Gasteiger partial charge in [0, 0.05) is 24.7 Å². The average Bonchev–Trinajstić information content (AvgIpc) is 2.61. The summed E-state index contributed by atoms with van der Waals surface area (Å²) in [5, 5.41) is 0. The van der Waals surface area contributed by atoms with E-state index >= 15 is 0 Å². The van der Waals surface area contributed by atoms with E-state index in [4.69, 9.17) is 9.73 Å². The summed E-state index contributed by atoms with van der Waals surface area (Å²) in [5.74, 6) is 0.831. The van der Waals surface area contributed by atoms with E-state index in [2.05, 4.69) is 29.7 Å². The first-order chi connectivity index (χ1) is 11.6. The average molecular weight is 329 g/mol. The number of methoxy groups -OCH3 is 1. The van der Waals surface area contributed by atoms with Crippen LogP contribution in [-0.4, -0.2) is 48.0 Å². The molecule has 0 spiro atoms. The zero-order valence-electron chi connectivity index (χ0n) is 14.9. The number of esters is 1. The number of likely N-dealkylation sites (tertiary alicyclic amines) is 1. The number of carbonyl (C=O) groups is 1. The molecule has 0 saturated carbocycles. The first kappa shape index (κ1) is 16.8. The van der Waals surface area contributed by atoms with Crippen molar-refractivity contribution in [2.24, 2.45) is 4.99 Å². The van der Waals surface area contributed by atoms with Gasteiger partial charge in [0.25, 0.3) is 0 Å². The monoisotopic (exact) mass is 329 g/mol. The molecule has 0 aromatic heterocycles. The number of hydrogen-bond acceptors (Lipinski definition) is 5. The molecule has 1 saturated heterocycles. The third-order valence-corrected chi connectivity index (χ3v) is 4.87. The molecule has 0 amide bonds. The number of fused-ring (bicyclic) bond motifs is 1. The van der Waals surface area contributed by atoms with E-state index in [1.807, 2.05) is 18.2 Å². The first-order valence-corrected chi connectivity index (χ1v) is 8.89. The number of guanidine groups is 1. The van der Waals surface area contributed by atoms with Crippen molar-refractivity contribution >= 4 is 17.6 Å². The Hall–Kier alpha value is -2.04. The number of rotatable bonds is 3. The zero-order valence-corrected chi connectivity index (χ0v) is 14.9. The number of carbonyl (C=O) groups excluding carboxylic acids is 1. The predicted octanol–water partition coefficient (Wildman–Crippen LogP) is 3.49. The highest BCUT2D eigenvalue weighted by atomic mass is 16.5. The molecule has 5 nitrogen and oxygen atoms in total. The van der Waals surface area contributed by atoms with Gasteiger partial charge in [0.05, 0.1) is 25.3 Å². The predicted molar refractivity (Wildman–Crippen MR) is 95.3 cm³/mol. The molecular formula is C19H27N3O2. The summed E-state index contributed by atoms with van der Waals surface area (Å²) in [6.45, 7) is 6.40. The lowest BCUT2D eigenvalue weighted by atomic mass is 9.97. The largest absolute Gasteiger partial charge is 0.469 e. The van der Waals surface area contributed by atoms with E-state index in [9.17, 15) is 4.79 Å². The van der Waals surface area contributed by atoms with Gasteiger partial charge in [-0.3, -0.25) is 4.79 Å². The van der Waals surface area contributed by atoms with Gasteiger partial charge in [0.15, 0.2) is 0 Å². The van der Waals surface area contributed by atoms with Gasteiger partial charge in [-0.1, -0.05) is 18.2 Å². The van der Waals surface area contributed by atoms with Gasteiger partial charge < -0.3 is 14.5 Å². The van der Waals surface area contributed by atoms with Crippen LogP contribution in [0.15, 0.2) is 29.3 Å². The summed E-state index contributed by atoms with van der Waals surface area (Å²) in [6.07, 6.45) is 4.04. The molecule has 1 atom stereocenters. The van der Waals surface area contributed by atoms with Crippen molar-refractivity contribution in [3.05, 3.63) is 29.8 Å². The number of benzene rings is 1. The minimum absolute atomic E-state index is 0.0249. The second kappa shape index (κ2) is 7.24. The van der Waals surface area contributed by atoms with Gasteiger partial charge in [-0.25, -0.2) is 4.99 Å². The maximum atomic E-state index is 12.0. The third-order valence-electron chi connectivity index (χ3n) is 4.87. The second-order valence-electron chi connectivity index (χ2n) is 6.82. The molecule has 130 valence electrons. The summed E-state index contributed by atoms with van der Waals surface area (Å²) in [6, 6.07) is 8.38. The molecule has 1 unspecified atom stereocenters. The Balaban J connectivity index is 2.03. The van der Waals surface area contributed by atoms with Crippen molar-refractivity contribution in [1.82, 2.24) is 9.80 Å². The maximum Gasteiger partial charge on any atom is 0.307 e. The fraction of sp³-hybridized carbons (Fsp3) is 0.579. The first-order valence-electron chi connectivity index (χ1n) is 8.89. The minimum Gasteiger partial charge on any atom is -0.469 e. The normalized spacial score (nSPS) is 20.7. The molecule has 1 fully saturated rings. The second-order valence-corrected chi connectivity index (χ2v) is 6.82. The van der Waals surface area contributed by atoms with Gasteiger partial charge in [-0.05, 0) is 39.2 Å². The molecule has 1 aromatic carbocycles. The quantitative estimate of drug-likeness (QED) is 0.796. The van der Waals surface area contributed by atoms with Crippen LogP contribution in [0.3, 0.4) is 0 Å². The number of para-hydroxylation sites is 1. The van der Waals surface area contributed by atoms with Crippen LogP contribution in [0.2, 0.25) is 0 Å². The van der Waals surface area contributed by atoms with Crippen LogP contribution in [0.5, 0.6) is 0 Å². The SMILES string of the molecule is COC(=O)CC1c2ccccc2N=C(N2CCCCC2)N1C(C)C. The third kappa shape index (κ3) is 3.25. The molecule has 2 heterocycles. The van der Waals surface area contributed by atoms with Crippen LogP contribution < -0.4 is 0 Å². The summed E-state index contributed by atoms with van der Waals surface area (Å²) < 4.78 is 4.96. The minimum atomic E-state index is -0.180. The highest BCUT2D eigenvalue weighted by Crippen LogP contribution is 2.39. The van der Waals surface area contributed by atoms with E-state index in [0.717, 1.165) is 30.3 Å². The Labute approximate surface area is 144 Å². The number of ether oxygens (including phenoxy) is 1. The van der Waals surface area contributed by atoms with Gasteiger partial charge in [0.1, 0.15) is 0 Å². The Kier molecular flexibility index (Phi) is 5.07. The topological polar surface area (TPSA) is 45.1 Å². The molecular weight excluding hydrogens is 302 g/mol. The zero-order chi connectivity index (χ0) is 17.1. The molecule has 0 aliphatic carbocycles. The molecule has 0 N–H and O–H groups in total. The standard InChI is InChI=1S/C19H27N3O2/c1-14(2)22-17(13-18(23)24-3)15-9-5-6-10-16(15)20-19(22)21-11-7-4-8-12-21/h5-6,9-10,14,17H,4,7-8,11-13H2,1-3H3. The number of aliphatic imine (C=N–C) groups is 1. The molecule has 2 aliphatic heterocycles. The Morgan fingerprint density at radius 3 is 2.62 bits per heavy atom. The van der Waals surface area contributed by atoms with Crippen LogP contribution in [0.25, 0.3) is 0 Å². The number of piperidine rings is 1. The maximum absolute atomic E-state index is 12.0. The van der Waals surface area contributed by atoms with E-state index in [-0.39, 0.29) is 18.1 Å². The van der Waals surface area contributed by atoms with Crippen LogP contribution in [-0.2, 0) is 9.53 Å².